The van der Waals surface area contributed by atoms with Gasteiger partial charge in [0.15, 0.2) is 11.5 Å². The average Bonchev–Trinajstić information content (AvgIpc) is 3.08. The molecule has 0 bridgehead atoms. The van der Waals surface area contributed by atoms with Crippen LogP contribution in [-0.4, -0.2) is 74.6 Å². The minimum Gasteiger partial charge on any atom is -0.493 e. The van der Waals surface area contributed by atoms with E-state index >= 15 is 0 Å². The van der Waals surface area contributed by atoms with Gasteiger partial charge in [0, 0.05) is 43.8 Å². The summed E-state index contributed by atoms with van der Waals surface area (Å²) in [6, 6.07) is 1.83. The maximum absolute atomic E-state index is 12.7. The zero-order valence-corrected chi connectivity index (χ0v) is 15.2. The molecule has 1 saturated heterocycles. The Kier molecular flexibility index (Phi) is 5.20. The van der Waals surface area contributed by atoms with Crippen LogP contribution in [0.2, 0.25) is 0 Å². The smallest absolute Gasteiger partial charge is 0.227 e. The third-order valence-electron chi connectivity index (χ3n) is 4.71. The number of aromatic amines is 1. The summed E-state index contributed by atoms with van der Waals surface area (Å²) < 4.78 is 16.3. The number of rotatable bonds is 6. The second-order valence-electron chi connectivity index (χ2n) is 6.08. The first-order chi connectivity index (χ1) is 12.6. The van der Waals surface area contributed by atoms with Crippen molar-refractivity contribution >= 4 is 23.2 Å². The number of fused-ring (bicyclic) bond motifs is 1. The van der Waals surface area contributed by atoms with Gasteiger partial charge in [-0.1, -0.05) is 0 Å². The highest BCUT2D eigenvalue weighted by Gasteiger charge is 2.24. The first kappa shape index (κ1) is 17.9. The van der Waals surface area contributed by atoms with Gasteiger partial charge in [-0.25, -0.2) is 0 Å². The first-order valence-corrected chi connectivity index (χ1v) is 8.39. The van der Waals surface area contributed by atoms with Gasteiger partial charge in [-0.2, -0.15) is 0 Å². The standard InChI is InChI=1S/C18H23N3O5/c1-24-14-9-13-16(18(26-3)17(14)25-2)12(10-19-13)8-15(23)21-6-4-20(11-22)5-7-21/h9-11,19H,4-8H2,1-3H3. The Morgan fingerprint density at radius 1 is 1.12 bits per heavy atom. The van der Waals surface area contributed by atoms with Gasteiger partial charge in [-0.05, 0) is 5.56 Å². The van der Waals surface area contributed by atoms with Gasteiger partial charge in [0.25, 0.3) is 0 Å². The molecular formula is C18H23N3O5. The molecule has 1 aliphatic rings. The van der Waals surface area contributed by atoms with E-state index in [1.807, 2.05) is 12.3 Å². The van der Waals surface area contributed by atoms with E-state index in [1.54, 1.807) is 31.1 Å². The quantitative estimate of drug-likeness (QED) is 0.777. The van der Waals surface area contributed by atoms with Gasteiger partial charge in [-0.15, -0.1) is 0 Å². The summed E-state index contributed by atoms with van der Waals surface area (Å²) in [5, 5.41) is 0.810. The number of benzene rings is 1. The Morgan fingerprint density at radius 2 is 1.81 bits per heavy atom. The molecular weight excluding hydrogens is 338 g/mol. The van der Waals surface area contributed by atoms with Crippen LogP contribution in [0, 0.1) is 0 Å². The van der Waals surface area contributed by atoms with Gasteiger partial charge < -0.3 is 29.0 Å². The SMILES string of the molecule is COc1cc2[nH]cc(CC(=O)N3CCN(C=O)CC3)c2c(OC)c1OC. The molecule has 0 radical (unpaired) electrons. The Morgan fingerprint density at radius 3 is 2.38 bits per heavy atom. The molecule has 1 aromatic carbocycles. The minimum atomic E-state index is 0.0216. The molecule has 0 unspecified atom stereocenters. The van der Waals surface area contributed by atoms with E-state index in [4.69, 9.17) is 14.2 Å². The van der Waals surface area contributed by atoms with Crippen molar-refractivity contribution in [2.24, 2.45) is 0 Å². The zero-order chi connectivity index (χ0) is 18.7. The fraction of sp³-hybridized carbons (Fsp3) is 0.444. The number of nitrogens with one attached hydrogen (secondary N) is 1. The van der Waals surface area contributed by atoms with Crippen molar-refractivity contribution in [3.63, 3.8) is 0 Å². The van der Waals surface area contributed by atoms with E-state index in [2.05, 4.69) is 4.98 Å². The highest BCUT2D eigenvalue weighted by Crippen LogP contribution is 2.44. The molecule has 8 nitrogen and oxygen atoms in total. The van der Waals surface area contributed by atoms with E-state index in [-0.39, 0.29) is 12.3 Å². The van der Waals surface area contributed by atoms with Crippen molar-refractivity contribution in [2.75, 3.05) is 47.5 Å². The largest absolute Gasteiger partial charge is 0.493 e. The monoisotopic (exact) mass is 361 g/mol. The van der Waals surface area contributed by atoms with Crippen LogP contribution in [0.15, 0.2) is 12.3 Å². The van der Waals surface area contributed by atoms with Crippen molar-refractivity contribution in [1.82, 2.24) is 14.8 Å². The van der Waals surface area contributed by atoms with Crippen LogP contribution >= 0.6 is 0 Å². The second-order valence-corrected chi connectivity index (χ2v) is 6.08. The summed E-state index contributed by atoms with van der Waals surface area (Å²) in [7, 11) is 4.68. The zero-order valence-electron chi connectivity index (χ0n) is 15.2. The lowest BCUT2D eigenvalue weighted by molar-refractivity contribution is -0.134. The summed E-state index contributed by atoms with van der Waals surface area (Å²) >= 11 is 0. The number of hydrogen-bond donors (Lipinski definition) is 1. The molecule has 0 saturated carbocycles. The average molecular weight is 361 g/mol. The Bertz CT molecular complexity index is 809. The molecule has 1 aromatic heterocycles. The van der Waals surface area contributed by atoms with Gasteiger partial charge in [0.2, 0.25) is 18.1 Å². The summed E-state index contributed by atoms with van der Waals surface area (Å²) in [5.74, 6) is 1.61. The predicted molar refractivity (Wildman–Crippen MR) is 95.9 cm³/mol. The molecule has 1 N–H and O–H groups in total. The number of ether oxygens (including phenoxy) is 3. The van der Waals surface area contributed by atoms with Crippen LogP contribution in [-0.2, 0) is 16.0 Å². The fourth-order valence-corrected chi connectivity index (χ4v) is 3.32. The van der Waals surface area contributed by atoms with Crippen molar-refractivity contribution < 1.29 is 23.8 Å². The van der Waals surface area contributed by atoms with Gasteiger partial charge in [0.05, 0.1) is 33.3 Å². The molecule has 0 atom stereocenters. The summed E-state index contributed by atoms with van der Waals surface area (Å²) in [5.41, 5.74) is 1.65. The van der Waals surface area contributed by atoms with Crippen LogP contribution in [0.4, 0.5) is 0 Å². The molecule has 2 amide bonds. The number of carbonyl (C=O) groups excluding carboxylic acids is 2. The molecule has 2 heterocycles. The van der Waals surface area contributed by atoms with Crippen molar-refractivity contribution in [3.05, 3.63) is 17.8 Å². The Labute approximate surface area is 151 Å². The highest BCUT2D eigenvalue weighted by molar-refractivity contribution is 5.96. The predicted octanol–water partition coefficient (Wildman–Crippen LogP) is 1.04. The molecule has 1 fully saturated rings. The topological polar surface area (TPSA) is 84.1 Å². The summed E-state index contributed by atoms with van der Waals surface area (Å²) in [6.07, 6.45) is 2.88. The van der Waals surface area contributed by atoms with Crippen LogP contribution in [0.25, 0.3) is 10.9 Å². The van der Waals surface area contributed by atoms with E-state index < -0.39 is 0 Å². The maximum atomic E-state index is 12.7. The summed E-state index contributed by atoms with van der Waals surface area (Å²) in [4.78, 5) is 30.1. The number of carbonyl (C=O) groups is 2. The van der Waals surface area contributed by atoms with Gasteiger partial charge in [0.1, 0.15) is 0 Å². The molecule has 2 aromatic rings. The maximum Gasteiger partial charge on any atom is 0.227 e. The number of H-pyrrole nitrogens is 1. The van der Waals surface area contributed by atoms with Crippen molar-refractivity contribution in [1.29, 1.82) is 0 Å². The minimum absolute atomic E-state index is 0.0216. The molecule has 26 heavy (non-hydrogen) atoms. The Balaban J connectivity index is 1.89. The molecule has 0 spiro atoms. The van der Waals surface area contributed by atoms with Crippen LogP contribution in [0.5, 0.6) is 17.2 Å². The summed E-state index contributed by atoms with van der Waals surface area (Å²) in [6.45, 7) is 2.23. The number of amides is 2. The van der Waals surface area contributed by atoms with E-state index in [0.29, 0.717) is 43.4 Å². The number of methoxy groups -OCH3 is 3. The normalized spacial score (nSPS) is 14.4. The van der Waals surface area contributed by atoms with Gasteiger partial charge >= 0.3 is 0 Å². The number of aromatic nitrogens is 1. The Hall–Kier alpha value is -2.90. The number of nitrogens with zero attached hydrogens (tertiary/aromatic N) is 2. The highest BCUT2D eigenvalue weighted by atomic mass is 16.5. The third-order valence-corrected chi connectivity index (χ3v) is 4.71. The van der Waals surface area contributed by atoms with Crippen LogP contribution in [0.1, 0.15) is 5.56 Å². The third kappa shape index (κ3) is 3.14. The molecule has 3 rings (SSSR count). The van der Waals surface area contributed by atoms with E-state index in [9.17, 15) is 9.59 Å². The fourth-order valence-electron chi connectivity index (χ4n) is 3.32. The molecule has 0 aliphatic carbocycles. The lowest BCUT2D eigenvalue weighted by Gasteiger charge is -2.32. The lowest BCUT2D eigenvalue weighted by atomic mass is 10.1. The van der Waals surface area contributed by atoms with Crippen molar-refractivity contribution in [3.8, 4) is 17.2 Å². The first-order valence-electron chi connectivity index (χ1n) is 8.39. The van der Waals surface area contributed by atoms with Gasteiger partial charge in [-0.3, -0.25) is 9.59 Å². The molecule has 1 aliphatic heterocycles. The number of hydrogen-bond acceptors (Lipinski definition) is 5. The molecule has 8 heteroatoms. The van der Waals surface area contributed by atoms with Crippen LogP contribution in [0.3, 0.4) is 0 Å². The second kappa shape index (κ2) is 7.55. The van der Waals surface area contributed by atoms with Crippen LogP contribution < -0.4 is 14.2 Å². The van der Waals surface area contributed by atoms with E-state index in [0.717, 1.165) is 22.9 Å². The van der Waals surface area contributed by atoms with E-state index in [1.165, 1.54) is 0 Å². The molecule has 140 valence electrons. The number of piperazine rings is 1. The lowest BCUT2D eigenvalue weighted by Crippen LogP contribution is -2.48. The van der Waals surface area contributed by atoms with Crippen molar-refractivity contribution in [2.45, 2.75) is 6.42 Å².